The highest BCUT2D eigenvalue weighted by Crippen LogP contribution is 2.25. The van der Waals surface area contributed by atoms with Gasteiger partial charge in [-0.3, -0.25) is 4.68 Å². The van der Waals surface area contributed by atoms with Crippen molar-refractivity contribution in [3.05, 3.63) is 72.2 Å². The molecule has 2 radical (unpaired) electrons. The molecule has 0 bridgehead atoms. The molecule has 3 aromatic rings. The zero-order valence-electron chi connectivity index (χ0n) is 12.8. The predicted octanol–water partition coefficient (Wildman–Crippen LogP) is 3.57. The Morgan fingerprint density at radius 1 is 1.25 bits per heavy atom. The lowest BCUT2D eigenvalue weighted by atomic mass is 10.1. The van der Waals surface area contributed by atoms with Crippen LogP contribution in [0.2, 0.25) is 5.02 Å². The zero-order valence-corrected chi connectivity index (χ0v) is 13.5. The Balaban J connectivity index is 1.77. The smallest absolute Gasteiger partial charge is 0.229 e. The molecular formula is C16H14ClFN6. The summed E-state index contributed by atoms with van der Waals surface area (Å²) in [6, 6.07) is 6.50. The second kappa shape index (κ2) is 6.84. The molecule has 2 aromatic heterocycles. The van der Waals surface area contributed by atoms with Crippen LogP contribution in [0.4, 0.5) is 21.8 Å². The van der Waals surface area contributed by atoms with Gasteiger partial charge in [-0.1, -0.05) is 23.7 Å². The largest absolute Gasteiger partial charge is 0.356 e. The van der Waals surface area contributed by atoms with Crippen LogP contribution in [0.15, 0.2) is 42.9 Å². The van der Waals surface area contributed by atoms with E-state index in [9.17, 15) is 4.39 Å². The van der Waals surface area contributed by atoms with E-state index in [-0.39, 0.29) is 5.82 Å². The molecule has 6 nitrogen and oxygen atoms in total. The molecule has 0 aliphatic rings. The van der Waals surface area contributed by atoms with E-state index < -0.39 is 0 Å². The van der Waals surface area contributed by atoms with Crippen molar-refractivity contribution in [1.82, 2.24) is 19.7 Å². The van der Waals surface area contributed by atoms with Crippen LogP contribution < -0.4 is 10.6 Å². The first-order valence-corrected chi connectivity index (χ1v) is 7.39. The molecule has 0 atom stereocenters. The maximum atomic E-state index is 13.0. The summed E-state index contributed by atoms with van der Waals surface area (Å²) in [6.45, 7) is 3.92. The summed E-state index contributed by atoms with van der Waals surface area (Å²) in [7, 11) is 1.81. The van der Waals surface area contributed by atoms with E-state index in [2.05, 4.69) is 32.6 Å². The number of rotatable bonds is 5. The second-order valence-corrected chi connectivity index (χ2v) is 5.44. The Kier molecular flexibility index (Phi) is 4.61. The Labute approximate surface area is 143 Å². The van der Waals surface area contributed by atoms with Gasteiger partial charge < -0.3 is 10.6 Å². The lowest BCUT2D eigenvalue weighted by molar-refractivity contribution is 0.627. The van der Waals surface area contributed by atoms with Crippen LogP contribution in [0.3, 0.4) is 0 Å². The molecule has 8 heteroatoms. The summed E-state index contributed by atoms with van der Waals surface area (Å²) >= 11 is 6.13. The number of aryl methyl sites for hydroxylation is 1. The van der Waals surface area contributed by atoms with Gasteiger partial charge in [0, 0.05) is 13.2 Å². The molecule has 3 rings (SSSR count). The Bertz CT molecular complexity index is 833. The number of benzene rings is 1. The fraction of sp³-hybridized carbons (Fsp3) is 0.0625. The van der Waals surface area contributed by atoms with Crippen LogP contribution in [0.5, 0.6) is 0 Å². The number of hydrogen-bond donors (Lipinski definition) is 2. The lowest BCUT2D eigenvalue weighted by Crippen LogP contribution is -2.11. The second-order valence-electron chi connectivity index (χ2n) is 5.03. The fourth-order valence-corrected chi connectivity index (χ4v) is 2.13. The van der Waals surface area contributed by atoms with E-state index in [1.54, 1.807) is 29.2 Å². The number of aromatic nitrogens is 4. The van der Waals surface area contributed by atoms with Crippen LogP contribution in [0, 0.1) is 18.8 Å². The molecule has 0 fully saturated rings. The molecule has 2 heterocycles. The molecule has 0 unspecified atom stereocenters. The first kappa shape index (κ1) is 16.2. The predicted molar refractivity (Wildman–Crippen MR) is 91.3 cm³/mol. The monoisotopic (exact) mass is 344 g/mol. The van der Waals surface area contributed by atoms with Crippen LogP contribution in [0.1, 0.15) is 5.56 Å². The third kappa shape index (κ3) is 3.80. The first-order chi connectivity index (χ1) is 11.5. The average molecular weight is 345 g/mol. The molecular weight excluding hydrogens is 331 g/mol. The minimum Gasteiger partial charge on any atom is -0.356 e. The van der Waals surface area contributed by atoms with E-state index in [0.717, 1.165) is 11.3 Å². The highest BCUT2D eigenvalue weighted by molar-refractivity contribution is 6.32. The van der Waals surface area contributed by atoms with Crippen LogP contribution >= 0.6 is 11.6 Å². The summed E-state index contributed by atoms with van der Waals surface area (Å²) in [4.78, 5) is 8.45. The van der Waals surface area contributed by atoms with Crippen molar-refractivity contribution in [2.45, 2.75) is 0 Å². The van der Waals surface area contributed by atoms with Gasteiger partial charge in [0.05, 0.1) is 24.1 Å². The maximum absolute atomic E-state index is 13.0. The Morgan fingerprint density at radius 3 is 2.67 bits per heavy atom. The van der Waals surface area contributed by atoms with Crippen molar-refractivity contribution in [3.8, 4) is 0 Å². The molecule has 0 amide bonds. The van der Waals surface area contributed by atoms with Gasteiger partial charge >= 0.3 is 0 Å². The van der Waals surface area contributed by atoms with E-state index in [1.165, 1.54) is 18.3 Å². The van der Waals surface area contributed by atoms with Crippen LogP contribution in [-0.4, -0.2) is 19.7 Å². The van der Waals surface area contributed by atoms with Crippen molar-refractivity contribution in [1.29, 1.82) is 0 Å². The Morgan fingerprint density at radius 2 is 2.00 bits per heavy atom. The van der Waals surface area contributed by atoms with Gasteiger partial charge in [-0.2, -0.15) is 10.1 Å². The average Bonchev–Trinajstić information content (AvgIpc) is 2.96. The Hall–Kier alpha value is -2.67. The van der Waals surface area contributed by atoms with Crippen molar-refractivity contribution in [2.24, 2.45) is 7.05 Å². The number of nitrogens with zero attached hydrogens (tertiary/aromatic N) is 4. The number of hydrogen-bond acceptors (Lipinski definition) is 5. The highest BCUT2D eigenvalue weighted by Gasteiger charge is 2.12. The van der Waals surface area contributed by atoms with Gasteiger partial charge in [-0.05, 0) is 24.6 Å². The molecule has 0 saturated carbocycles. The standard InChI is InChI=1S/C16H14ClFN6/c1-10(11-3-5-12(18)6-4-11)21-15-14(17)8-19-16(23-15)22-13-7-20-24(2)9-13/h3-9H,1H2,2H3,(H2,19,21,22,23). The molecule has 0 aliphatic carbocycles. The fourth-order valence-electron chi connectivity index (χ4n) is 2.00. The SMILES string of the molecule is [CH2][C](Nc1nc(Nc2cnn(C)c2)ncc1Cl)c1ccc(F)cc1. The number of halogens is 2. The van der Waals surface area contributed by atoms with Crippen LogP contribution in [0.25, 0.3) is 0 Å². The molecule has 24 heavy (non-hydrogen) atoms. The van der Waals surface area contributed by atoms with E-state index in [1.807, 2.05) is 7.05 Å². The van der Waals surface area contributed by atoms with Crippen LogP contribution in [-0.2, 0) is 7.05 Å². The summed E-state index contributed by atoms with van der Waals surface area (Å²) in [5, 5.41) is 10.4. The number of nitrogens with one attached hydrogen (secondary N) is 2. The van der Waals surface area contributed by atoms with Gasteiger partial charge in [0.1, 0.15) is 10.8 Å². The van der Waals surface area contributed by atoms with Crippen molar-refractivity contribution >= 4 is 29.1 Å². The van der Waals surface area contributed by atoms with E-state index in [0.29, 0.717) is 22.8 Å². The summed E-state index contributed by atoms with van der Waals surface area (Å²) < 4.78 is 14.7. The molecule has 1 aromatic carbocycles. The lowest BCUT2D eigenvalue weighted by Gasteiger charge is -2.15. The topological polar surface area (TPSA) is 67.7 Å². The first-order valence-electron chi connectivity index (χ1n) is 7.01. The molecule has 122 valence electrons. The van der Waals surface area contributed by atoms with Gasteiger partial charge in [-0.25, -0.2) is 9.37 Å². The van der Waals surface area contributed by atoms with Gasteiger partial charge in [0.25, 0.3) is 0 Å². The van der Waals surface area contributed by atoms with E-state index >= 15 is 0 Å². The minimum atomic E-state index is -0.311. The maximum Gasteiger partial charge on any atom is 0.229 e. The van der Waals surface area contributed by atoms with Gasteiger partial charge in [-0.15, -0.1) is 0 Å². The van der Waals surface area contributed by atoms with E-state index in [4.69, 9.17) is 11.6 Å². The third-order valence-corrected chi connectivity index (χ3v) is 3.44. The van der Waals surface area contributed by atoms with Gasteiger partial charge in [0.2, 0.25) is 5.95 Å². The third-order valence-electron chi connectivity index (χ3n) is 3.17. The summed E-state index contributed by atoms with van der Waals surface area (Å²) in [5.74, 6) is 0.448. The quantitative estimate of drug-likeness (QED) is 0.740. The highest BCUT2D eigenvalue weighted by atomic mass is 35.5. The normalized spacial score (nSPS) is 10.9. The molecule has 0 aliphatic heterocycles. The van der Waals surface area contributed by atoms with Crippen molar-refractivity contribution in [2.75, 3.05) is 10.6 Å². The summed E-state index contributed by atoms with van der Waals surface area (Å²) in [6.07, 6.45) is 4.93. The van der Waals surface area contributed by atoms with Crippen molar-refractivity contribution in [3.63, 3.8) is 0 Å². The van der Waals surface area contributed by atoms with Gasteiger partial charge in [0.15, 0.2) is 5.82 Å². The minimum absolute atomic E-state index is 0.311. The summed E-state index contributed by atoms with van der Waals surface area (Å²) in [5.41, 5.74) is 1.48. The molecule has 0 saturated heterocycles. The van der Waals surface area contributed by atoms with Crippen molar-refractivity contribution < 1.29 is 4.39 Å². The molecule has 2 N–H and O–H groups in total. The molecule has 0 spiro atoms. The number of anilines is 3. The zero-order chi connectivity index (χ0) is 17.1.